The molecule has 0 bridgehead atoms. The Kier molecular flexibility index (Phi) is 3.99. The molecule has 0 aliphatic carbocycles. The SMILES string of the molecule is Cc1nc(C)c(C(C)NCc2ccc3ncccc3c2)s1. The molecule has 0 saturated heterocycles. The minimum absolute atomic E-state index is 0.320. The molecule has 3 aromatic rings. The number of nitrogens with one attached hydrogen (secondary N) is 1. The monoisotopic (exact) mass is 297 g/mol. The fraction of sp³-hybridized carbons (Fsp3) is 0.294. The van der Waals surface area contributed by atoms with Crippen molar-refractivity contribution in [2.75, 3.05) is 0 Å². The zero-order valence-corrected chi connectivity index (χ0v) is 13.4. The average molecular weight is 297 g/mol. The number of hydrogen-bond donors (Lipinski definition) is 1. The minimum Gasteiger partial charge on any atom is -0.305 e. The molecule has 1 aromatic carbocycles. The number of benzene rings is 1. The van der Waals surface area contributed by atoms with Crippen molar-refractivity contribution >= 4 is 22.2 Å². The van der Waals surface area contributed by atoms with Crippen molar-refractivity contribution in [2.45, 2.75) is 33.4 Å². The Morgan fingerprint density at radius 1 is 1.24 bits per heavy atom. The molecule has 2 heterocycles. The van der Waals surface area contributed by atoms with Crippen molar-refractivity contribution in [2.24, 2.45) is 0 Å². The van der Waals surface area contributed by atoms with Gasteiger partial charge >= 0.3 is 0 Å². The molecule has 21 heavy (non-hydrogen) atoms. The van der Waals surface area contributed by atoms with Gasteiger partial charge in [-0.05, 0) is 44.5 Å². The lowest BCUT2D eigenvalue weighted by molar-refractivity contribution is 0.579. The third-order valence-corrected chi connectivity index (χ3v) is 4.87. The largest absolute Gasteiger partial charge is 0.305 e. The highest BCUT2D eigenvalue weighted by molar-refractivity contribution is 7.11. The third-order valence-electron chi connectivity index (χ3n) is 3.61. The fourth-order valence-corrected chi connectivity index (χ4v) is 3.50. The minimum atomic E-state index is 0.320. The first-order chi connectivity index (χ1) is 10.1. The van der Waals surface area contributed by atoms with Gasteiger partial charge in [-0.25, -0.2) is 4.98 Å². The van der Waals surface area contributed by atoms with Crippen LogP contribution in [0.2, 0.25) is 0 Å². The number of hydrogen-bond acceptors (Lipinski definition) is 4. The number of fused-ring (bicyclic) bond motifs is 1. The van der Waals surface area contributed by atoms with E-state index in [4.69, 9.17) is 0 Å². The first kappa shape index (κ1) is 14.2. The number of pyridine rings is 1. The second-order valence-corrected chi connectivity index (χ2v) is 6.55. The Bertz CT molecular complexity index is 764. The highest BCUT2D eigenvalue weighted by atomic mass is 32.1. The van der Waals surface area contributed by atoms with E-state index in [-0.39, 0.29) is 0 Å². The van der Waals surface area contributed by atoms with Gasteiger partial charge < -0.3 is 5.32 Å². The zero-order valence-electron chi connectivity index (χ0n) is 12.6. The van der Waals surface area contributed by atoms with Gasteiger partial charge in [0.05, 0.1) is 16.2 Å². The molecule has 3 rings (SSSR count). The summed E-state index contributed by atoms with van der Waals surface area (Å²) in [5, 5.41) is 5.91. The van der Waals surface area contributed by atoms with Gasteiger partial charge in [0.2, 0.25) is 0 Å². The molecule has 1 atom stereocenters. The van der Waals surface area contributed by atoms with Crippen LogP contribution in [0.3, 0.4) is 0 Å². The van der Waals surface area contributed by atoms with Crippen LogP contribution in [0.4, 0.5) is 0 Å². The van der Waals surface area contributed by atoms with E-state index in [0.29, 0.717) is 6.04 Å². The average Bonchev–Trinajstić information content (AvgIpc) is 2.83. The van der Waals surface area contributed by atoms with Gasteiger partial charge in [0, 0.05) is 29.0 Å². The normalized spacial score (nSPS) is 12.7. The molecule has 0 fully saturated rings. The van der Waals surface area contributed by atoms with Crippen LogP contribution in [0.25, 0.3) is 10.9 Å². The van der Waals surface area contributed by atoms with Crippen LogP contribution in [0, 0.1) is 13.8 Å². The van der Waals surface area contributed by atoms with Crippen molar-refractivity contribution < 1.29 is 0 Å². The summed E-state index contributed by atoms with van der Waals surface area (Å²) < 4.78 is 0. The second-order valence-electron chi connectivity index (χ2n) is 5.32. The van der Waals surface area contributed by atoms with Crippen LogP contribution in [0.15, 0.2) is 36.5 Å². The van der Waals surface area contributed by atoms with Gasteiger partial charge in [0.1, 0.15) is 0 Å². The summed E-state index contributed by atoms with van der Waals surface area (Å²) in [6.07, 6.45) is 1.83. The highest BCUT2D eigenvalue weighted by Crippen LogP contribution is 2.24. The molecule has 108 valence electrons. The first-order valence-electron chi connectivity index (χ1n) is 7.14. The number of thiazole rings is 1. The van der Waals surface area contributed by atoms with Gasteiger partial charge in [-0.3, -0.25) is 4.98 Å². The number of aryl methyl sites for hydroxylation is 2. The van der Waals surface area contributed by atoms with Gasteiger partial charge in [0.25, 0.3) is 0 Å². The molecule has 4 heteroatoms. The Morgan fingerprint density at radius 3 is 2.86 bits per heavy atom. The molecule has 0 aliphatic heterocycles. The van der Waals surface area contributed by atoms with Crippen molar-refractivity contribution in [1.29, 1.82) is 0 Å². The van der Waals surface area contributed by atoms with E-state index in [1.54, 1.807) is 11.3 Å². The first-order valence-corrected chi connectivity index (χ1v) is 7.96. The molecule has 0 amide bonds. The molecule has 1 N–H and O–H groups in total. The van der Waals surface area contributed by atoms with Crippen molar-refractivity contribution in [3.05, 3.63) is 57.7 Å². The Labute approximate surface area is 129 Å². The standard InChI is InChI=1S/C17H19N3S/c1-11(17-12(2)20-13(3)21-17)19-10-14-6-7-16-15(9-14)5-4-8-18-16/h4-9,11,19H,10H2,1-3H3. The van der Waals surface area contributed by atoms with E-state index in [9.17, 15) is 0 Å². The van der Waals surface area contributed by atoms with Gasteiger partial charge in [-0.1, -0.05) is 12.1 Å². The van der Waals surface area contributed by atoms with Crippen LogP contribution in [-0.2, 0) is 6.54 Å². The number of rotatable bonds is 4. The molecule has 0 radical (unpaired) electrons. The summed E-state index contributed by atoms with van der Waals surface area (Å²) in [5.41, 5.74) is 3.46. The smallest absolute Gasteiger partial charge is 0.0900 e. The zero-order chi connectivity index (χ0) is 14.8. The molecular formula is C17H19N3S. The molecule has 1 unspecified atom stereocenters. The summed E-state index contributed by atoms with van der Waals surface area (Å²) in [6.45, 7) is 7.19. The van der Waals surface area contributed by atoms with Crippen LogP contribution in [0.1, 0.15) is 34.1 Å². The van der Waals surface area contributed by atoms with Crippen LogP contribution in [0.5, 0.6) is 0 Å². The maximum absolute atomic E-state index is 4.50. The van der Waals surface area contributed by atoms with E-state index >= 15 is 0 Å². The quantitative estimate of drug-likeness (QED) is 0.786. The van der Waals surface area contributed by atoms with Crippen LogP contribution in [-0.4, -0.2) is 9.97 Å². The lowest BCUT2D eigenvalue weighted by Gasteiger charge is -2.13. The lowest BCUT2D eigenvalue weighted by atomic mass is 10.1. The van der Waals surface area contributed by atoms with E-state index in [2.05, 4.69) is 60.3 Å². The van der Waals surface area contributed by atoms with Crippen molar-refractivity contribution in [3.63, 3.8) is 0 Å². The summed E-state index contributed by atoms with van der Waals surface area (Å²) in [6, 6.07) is 10.8. The maximum atomic E-state index is 4.50. The number of aromatic nitrogens is 2. The summed E-state index contributed by atoms with van der Waals surface area (Å²) >= 11 is 1.78. The predicted molar refractivity (Wildman–Crippen MR) is 88.6 cm³/mol. The lowest BCUT2D eigenvalue weighted by Crippen LogP contribution is -2.17. The van der Waals surface area contributed by atoms with Gasteiger partial charge in [-0.15, -0.1) is 11.3 Å². The molecule has 3 nitrogen and oxygen atoms in total. The number of nitrogens with zero attached hydrogens (tertiary/aromatic N) is 2. The van der Waals surface area contributed by atoms with E-state index in [1.165, 1.54) is 15.8 Å². The molecule has 0 aliphatic rings. The van der Waals surface area contributed by atoms with Gasteiger partial charge in [0.15, 0.2) is 0 Å². The molecule has 0 spiro atoms. The van der Waals surface area contributed by atoms with Gasteiger partial charge in [-0.2, -0.15) is 0 Å². The Balaban J connectivity index is 1.72. The van der Waals surface area contributed by atoms with Crippen LogP contribution < -0.4 is 5.32 Å². The van der Waals surface area contributed by atoms with E-state index < -0.39 is 0 Å². The van der Waals surface area contributed by atoms with E-state index in [0.717, 1.165) is 22.8 Å². The Morgan fingerprint density at radius 2 is 2.10 bits per heavy atom. The summed E-state index contributed by atoms with van der Waals surface area (Å²) in [5.74, 6) is 0. The van der Waals surface area contributed by atoms with Crippen molar-refractivity contribution in [1.82, 2.24) is 15.3 Å². The van der Waals surface area contributed by atoms with Crippen LogP contribution >= 0.6 is 11.3 Å². The molecular weight excluding hydrogens is 278 g/mol. The molecule has 2 aromatic heterocycles. The fourth-order valence-electron chi connectivity index (χ4n) is 2.55. The second kappa shape index (κ2) is 5.92. The topological polar surface area (TPSA) is 37.8 Å². The predicted octanol–water partition coefficient (Wildman–Crippen LogP) is 4.16. The summed E-state index contributed by atoms with van der Waals surface area (Å²) in [4.78, 5) is 10.2. The van der Waals surface area contributed by atoms with Crippen molar-refractivity contribution in [3.8, 4) is 0 Å². The maximum Gasteiger partial charge on any atom is 0.0900 e. The highest BCUT2D eigenvalue weighted by Gasteiger charge is 2.12. The van der Waals surface area contributed by atoms with E-state index in [1.807, 2.05) is 12.3 Å². The third kappa shape index (κ3) is 3.12. The Hall–Kier alpha value is -1.78. The molecule has 0 saturated carbocycles. The summed E-state index contributed by atoms with van der Waals surface area (Å²) in [7, 11) is 0.